The van der Waals surface area contributed by atoms with Gasteiger partial charge in [-0.15, -0.1) is 0 Å². The molecule has 0 aliphatic carbocycles. The van der Waals surface area contributed by atoms with Crippen molar-refractivity contribution >= 4 is 0 Å². The van der Waals surface area contributed by atoms with Crippen LogP contribution in [0.2, 0.25) is 0 Å². The van der Waals surface area contributed by atoms with Crippen LogP contribution in [0.25, 0.3) is 0 Å². The quantitative estimate of drug-likeness (QED) is 0.539. The summed E-state index contributed by atoms with van der Waals surface area (Å²) in [5.41, 5.74) is 6.88. The molecule has 0 bridgehead atoms. The zero-order valence-corrected chi connectivity index (χ0v) is 8.57. The lowest BCUT2D eigenvalue weighted by Crippen LogP contribution is -2.14. The van der Waals surface area contributed by atoms with E-state index in [0.717, 1.165) is 6.54 Å². The zero-order chi connectivity index (χ0) is 9.98. The van der Waals surface area contributed by atoms with E-state index in [0.29, 0.717) is 0 Å². The Morgan fingerprint density at radius 1 is 1.42 bits per heavy atom. The van der Waals surface area contributed by atoms with Crippen LogP contribution in [0.3, 0.4) is 0 Å². The van der Waals surface area contributed by atoms with E-state index in [1.165, 1.54) is 18.3 Å². The molecule has 0 heterocycles. The van der Waals surface area contributed by atoms with Crippen molar-refractivity contribution in [3.05, 3.63) is 23.9 Å². The van der Waals surface area contributed by atoms with Gasteiger partial charge in [-0.1, -0.05) is 12.7 Å². The zero-order valence-electron chi connectivity index (χ0n) is 8.57. The highest BCUT2D eigenvalue weighted by Gasteiger charge is 1.92. The van der Waals surface area contributed by atoms with Crippen molar-refractivity contribution in [2.75, 3.05) is 27.7 Å². The Balaban J connectivity index is 0. The van der Waals surface area contributed by atoms with E-state index in [-0.39, 0.29) is 0 Å². The first-order valence-electron chi connectivity index (χ1n) is 3.98. The lowest BCUT2D eigenvalue weighted by atomic mass is 10.2. The van der Waals surface area contributed by atoms with Gasteiger partial charge in [0.25, 0.3) is 0 Å². The van der Waals surface area contributed by atoms with Gasteiger partial charge in [0.1, 0.15) is 0 Å². The first-order chi connectivity index (χ1) is 5.76. The number of likely N-dealkylation sites (N-methyl/N-ethyl adjacent to an activating group) is 1. The molecule has 4 N–H and O–H groups in total. The van der Waals surface area contributed by atoms with Crippen molar-refractivity contribution in [1.82, 2.24) is 10.6 Å². The second-order valence-corrected chi connectivity index (χ2v) is 2.13. The fraction of sp³-hybridized carbons (Fsp3) is 0.556. The minimum atomic E-state index is 0.871. The molecule has 0 radical (unpaired) electrons. The fourth-order valence-electron chi connectivity index (χ4n) is 0.709. The summed E-state index contributed by atoms with van der Waals surface area (Å²) in [5, 5.41) is 6.13. The second kappa shape index (κ2) is 10.2. The van der Waals surface area contributed by atoms with Crippen LogP contribution < -0.4 is 16.4 Å². The third kappa shape index (κ3) is 5.95. The first kappa shape index (κ1) is 13.8. The summed E-state index contributed by atoms with van der Waals surface area (Å²) in [6.07, 6.45) is 1.86. The molecule has 0 aromatic rings. The largest absolute Gasteiger partial charge is 0.391 e. The van der Waals surface area contributed by atoms with Gasteiger partial charge < -0.3 is 16.4 Å². The molecular weight excluding hydrogens is 150 g/mol. The molecule has 0 amide bonds. The number of hydrogen-bond donors (Lipinski definition) is 3. The predicted octanol–water partition coefficient (Wildman–Crippen LogP) is 0.460. The van der Waals surface area contributed by atoms with Crippen molar-refractivity contribution in [2.24, 2.45) is 5.73 Å². The lowest BCUT2D eigenvalue weighted by molar-refractivity contribution is 0.859. The van der Waals surface area contributed by atoms with Gasteiger partial charge in [-0.25, -0.2) is 0 Å². The molecule has 0 aliphatic rings. The summed E-state index contributed by atoms with van der Waals surface area (Å²) >= 11 is 0. The molecule has 0 aromatic heterocycles. The van der Waals surface area contributed by atoms with Gasteiger partial charge in [0.2, 0.25) is 0 Å². The van der Waals surface area contributed by atoms with Gasteiger partial charge in [0, 0.05) is 19.3 Å². The Labute approximate surface area is 75.7 Å². The van der Waals surface area contributed by atoms with Crippen molar-refractivity contribution in [3.8, 4) is 0 Å². The maximum atomic E-state index is 4.50. The van der Waals surface area contributed by atoms with Crippen molar-refractivity contribution in [1.29, 1.82) is 0 Å². The van der Waals surface area contributed by atoms with E-state index in [1.54, 1.807) is 0 Å². The summed E-state index contributed by atoms with van der Waals surface area (Å²) in [7, 11) is 5.33. The van der Waals surface area contributed by atoms with E-state index in [1.807, 2.05) is 27.1 Å². The van der Waals surface area contributed by atoms with E-state index < -0.39 is 0 Å². The number of hydrogen-bond acceptors (Lipinski definition) is 3. The Kier molecular flexibility index (Phi) is 11.7. The minimum Gasteiger partial charge on any atom is -0.391 e. The highest BCUT2D eigenvalue weighted by Crippen LogP contribution is 1.98. The molecular formula is C9H21N3. The summed E-state index contributed by atoms with van der Waals surface area (Å²) in [6, 6.07) is 0. The molecule has 0 unspecified atom stereocenters. The van der Waals surface area contributed by atoms with Crippen molar-refractivity contribution < 1.29 is 0 Å². The average Bonchev–Trinajstić information content (AvgIpc) is 2.16. The number of nitrogens with two attached hydrogens (primary N) is 1. The summed E-state index contributed by atoms with van der Waals surface area (Å²) in [5.74, 6) is 0. The SMILES string of the molecule is C=C/C(CNC)=C(/C)NC.CN. The Bertz CT molecular complexity index is 139. The van der Waals surface area contributed by atoms with E-state index in [2.05, 4.69) is 22.9 Å². The molecule has 3 heteroatoms. The van der Waals surface area contributed by atoms with Crippen LogP contribution in [0.4, 0.5) is 0 Å². The van der Waals surface area contributed by atoms with Crippen molar-refractivity contribution in [2.45, 2.75) is 6.92 Å². The molecule has 12 heavy (non-hydrogen) atoms. The predicted molar refractivity (Wildman–Crippen MR) is 56.0 cm³/mol. The van der Waals surface area contributed by atoms with Gasteiger partial charge in [-0.3, -0.25) is 0 Å². The highest BCUT2D eigenvalue weighted by atomic mass is 14.9. The third-order valence-electron chi connectivity index (χ3n) is 1.47. The molecule has 72 valence electrons. The van der Waals surface area contributed by atoms with Crippen LogP contribution in [0, 0.1) is 0 Å². The third-order valence-corrected chi connectivity index (χ3v) is 1.47. The molecule has 0 atom stereocenters. The van der Waals surface area contributed by atoms with Gasteiger partial charge in [0.15, 0.2) is 0 Å². The van der Waals surface area contributed by atoms with Crippen LogP contribution in [-0.2, 0) is 0 Å². The van der Waals surface area contributed by atoms with Crippen molar-refractivity contribution in [3.63, 3.8) is 0 Å². The lowest BCUT2D eigenvalue weighted by Gasteiger charge is -2.06. The number of allylic oxidation sites excluding steroid dienone is 1. The molecule has 3 nitrogen and oxygen atoms in total. The van der Waals surface area contributed by atoms with Crippen LogP contribution in [-0.4, -0.2) is 27.7 Å². The topological polar surface area (TPSA) is 50.1 Å². The van der Waals surface area contributed by atoms with Gasteiger partial charge in [-0.05, 0) is 26.6 Å². The Morgan fingerprint density at radius 3 is 2.17 bits per heavy atom. The monoisotopic (exact) mass is 171 g/mol. The molecule has 0 saturated carbocycles. The molecule has 0 aliphatic heterocycles. The van der Waals surface area contributed by atoms with Crippen LogP contribution in [0.15, 0.2) is 23.9 Å². The summed E-state index contributed by atoms with van der Waals surface area (Å²) < 4.78 is 0. The second-order valence-electron chi connectivity index (χ2n) is 2.13. The normalized spacial score (nSPS) is 10.8. The highest BCUT2D eigenvalue weighted by molar-refractivity contribution is 5.22. The standard InChI is InChI=1S/C8H16N2.CH5N/c1-5-8(6-9-3)7(2)10-4;1-2/h5,9-10H,1,6H2,2-4H3;2H2,1H3/b8-7+;. The maximum absolute atomic E-state index is 4.50. The minimum absolute atomic E-state index is 0.871. The van der Waals surface area contributed by atoms with E-state index >= 15 is 0 Å². The molecule has 0 fully saturated rings. The molecule has 0 aromatic carbocycles. The first-order valence-corrected chi connectivity index (χ1v) is 3.98. The molecule has 0 rings (SSSR count). The van der Waals surface area contributed by atoms with Gasteiger partial charge in [0.05, 0.1) is 0 Å². The fourth-order valence-corrected chi connectivity index (χ4v) is 0.709. The molecule has 0 spiro atoms. The smallest absolute Gasteiger partial charge is 0.0219 e. The Hall–Kier alpha value is -0.800. The molecule has 0 saturated heterocycles. The van der Waals surface area contributed by atoms with E-state index in [9.17, 15) is 0 Å². The van der Waals surface area contributed by atoms with E-state index in [4.69, 9.17) is 0 Å². The van der Waals surface area contributed by atoms with Gasteiger partial charge in [-0.2, -0.15) is 0 Å². The summed E-state index contributed by atoms with van der Waals surface area (Å²) in [6.45, 7) is 6.62. The van der Waals surface area contributed by atoms with Gasteiger partial charge >= 0.3 is 0 Å². The average molecular weight is 171 g/mol. The van der Waals surface area contributed by atoms with Crippen LogP contribution in [0.1, 0.15) is 6.92 Å². The number of nitrogens with one attached hydrogen (secondary N) is 2. The Morgan fingerprint density at radius 2 is 1.92 bits per heavy atom. The summed E-state index contributed by atoms with van der Waals surface area (Å²) in [4.78, 5) is 0. The number of rotatable bonds is 4. The maximum Gasteiger partial charge on any atom is 0.0219 e. The van der Waals surface area contributed by atoms with Crippen LogP contribution >= 0.6 is 0 Å². The van der Waals surface area contributed by atoms with Crippen LogP contribution in [0.5, 0.6) is 0 Å².